The fraction of sp³-hybridized carbons (Fsp3) is 0.333. The molecule has 0 unspecified atom stereocenters. The predicted molar refractivity (Wildman–Crippen MR) is 97.8 cm³/mol. The summed E-state index contributed by atoms with van der Waals surface area (Å²) in [5.41, 5.74) is 6.73. The zero-order valence-electron chi connectivity index (χ0n) is 13.9. The lowest BCUT2D eigenvalue weighted by Gasteiger charge is -2.19. The number of nitrogens with one attached hydrogen (secondary N) is 1. The molecule has 2 rings (SSSR count). The maximum atomic E-state index is 12.7. The maximum absolute atomic E-state index is 12.7. The van der Waals surface area contributed by atoms with Gasteiger partial charge in [-0.3, -0.25) is 0 Å². The summed E-state index contributed by atoms with van der Waals surface area (Å²) in [4.78, 5) is 9.81. The van der Waals surface area contributed by atoms with Crippen molar-refractivity contribution in [2.24, 2.45) is 0 Å². The van der Waals surface area contributed by atoms with Crippen LogP contribution in [0.2, 0.25) is 5.02 Å². The molecular weight excluding hydrogens is 350 g/mol. The summed E-state index contributed by atoms with van der Waals surface area (Å²) >= 11 is 6.06. The number of hydrogen-bond donors (Lipinski definition) is 2. The number of nitrogens with zero attached hydrogens (tertiary/aromatic N) is 3. The van der Waals surface area contributed by atoms with E-state index in [1.807, 2.05) is 19.0 Å². The summed E-state index contributed by atoms with van der Waals surface area (Å²) in [5.74, 6) is 0.294. The van der Waals surface area contributed by atoms with Crippen LogP contribution in [-0.2, 0) is 9.84 Å². The first-order valence-corrected chi connectivity index (χ1v) is 9.15. The Morgan fingerprint density at radius 1 is 1.29 bits per heavy atom. The number of nitrogens with two attached hydrogens (primary N) is 1. The van der Waals surface area contributed by atoms with Crippen molar-refractivity contribution in [1.29, 1.82) is 0 Å². The third kappa shape index (κ3) is 3.70. The second-order valence-corrected chi connectivity index (χ2v) is 8.60. The zero-order valence-corrected chi connectivity index (χ0v) is 15.5. The molecule has 0 aliphatic carbocycles. The van der Waals surface area contributed by atoms with E-state index in [-0.39, 0.29) is 21.7 Å². The van der Waals surface area contributed by atoms with Crippen molar-refractivity contribution >= 4 is 44.6 Å². The number of anilines is 4. The predicted octanol–water partition coefficient (Wildman–Crippen LogP) is 2.70. The maximum Gasteiger partial charge on any atom is 0.222 e. The van der Waals surface area contributed by atoms with E-state index in [4.69, 9.17) is 17.3 Å². The van der Waals surface area contributed by atoms with Crippen LogP contribution in [0.1, 0.15) is 13.8 Å². The minimum atomic E-state index is -3.51. The molecule has 0 amide bonds. The van der Waals surface area contributed by atoms with Gasteiger partial charge in [-0.2, -0.15) is 4.98 Å². The van der Waals surface area contributed by atoms with E-state index in [1.165, 1.54) is 6.20 Å². The molecule has 0 saturated heterocycles. The van der Waals surface area contributed by atoms with Gasteiger partial charge in [0.25, 0.3) is 0 Å². The average molecular weight is 370 g/mol. The summed E-state index contributed by atoms with van der Waals surface area (Å²) < 4.78 is 25.4. The molecule has 9 heteroatoms. The van der Waals surface area contributed by atoms with Crippen LogP contribution in [0.4, 0.5) is 23.1 Å². The zero-order chi connectivity index (χ0) is 18.1. The van der Waals surface area contributed by atoms with Gasteiger partial charge in [-0.05, 0) is 32.0 Å². The largest absolute Gasteiger partial charge is 0.378 e. The molecule has 7 nitrogen and oxygen atoms in total. The van der Waals surface area contributed by atoms with E-state index in [0.29, 0.717) is 5.69 Å². The number of aromatic nitrogens is 2. The van der Waals surface area contributed by atoms with Crippen molar-refractivity contribution in [3.8, 4) is 0 Å². The van der Waals surface area contributed by atoms with Gasteiger partial charge in [0.1, 0.15) is 5.02 Å². The van der Waals surface area contributed by atoms with Gasteiger partial charge in [-0.15, -0.1) is 0 Å². The highest BCUT2D eigenvalue weighted by Gasteiger charge is 2.24. The smallest absolute Gasteiger partial charge is 0.222 e. The molecule has 3 N–H and O–H groups in total. The van der Waals surface area contributed by atoms with Gasteiger partial charge in [0.2, 0.25) is 5.95 Å². The number of nitrogen functional groups attached to an aromatic ring is 1. The third-order valence-electron chi connectivity index (χ3n) is 3.42. The molecule has 0 atom stereocenters. The number of sulfone groups is 1. The number of rotatable bonds is 5. The van der Waals surface area contributed by atoms with Crippen LogP contribution in [-0.4, -0.2) is 37.7 Å². The van der Waals surface area contributed by atoms with E-state index in [9.17, 15) is 8.42 Å². The van der Waals surface area contributed by atoms with Crippen molar-refractivity contribution in [2.45, 2.75) is 24.0 Å². The molecule has 0 spiro atoms. The highest BCUT2D eigenvalue weighted by atomic mass is 35.5. The SMILES string of the molecule is CC(C)S(=O)(=O)c1cc(N(C)C)ccc1Nc1nc(N)ncc1Cl. The summed E-state index contributed by atoms with van der Waals surface area (Å²) in [6.45, 7) is 3.27. The van der Waals surface area contributed by atoms with E-state index in [0.717, 1.165) is 5.69 Å². The fourth-order valence-corrected chi connectivity index (χ4v) is 3.33. The van der Waals surface area contributed by atoms with E-state index < -0.39 is 15.1 Å². The molecule has 1 heterocycles. The van der Waals surface area contributed by atoms with E-state index >= 15 is 0 Å². The van der Waals surface area contributed by atoms with Crippen LogP contribution >= 0.6 is 11.6 Å². The van der Waals surface area contributed by atoms with Gasteiger partial charge in [-0.1, -0.05) is 11.6 Å². The minimum absolute atomic E-state index is 0.0417. The Labute approximate surface area is 146 Å². The van der Waals surface area contributed by atoms with Gasteiger partial charge in [0, 0.05) is 19.8 Å². The average Bonchev–Trinajstić information content (AvgIpc) is 2.50. The standard InChI is InChI=1S/C15H20ClN5O2S/c1-9(2)24(22,23)13-7-10(21(3)4)5-6-12(13)19-14-11(16)8-18-15(17)20-14/h5-9H,1-4H3,(H3,17,18,19,20). The van der Waals surface area contributed by atoms with Gasteiger partial charge in [-0.25, -0.2) is 13.4 Å². The Morgan fingerprint density at radius 2 is 1.96 bits per heavy atom. The Morgan fingerprint density at radius 3 is 2.54 bits per heavy atom. The molecule has 0 aliphatic heterocycles. The molecule has 2 aromatic rings. The Balaban J connectivity index is 2.59. The summed E-state index contributed by atoms with van der Waals surface area (Å²) in [7, 11) is 0.173. The molecule has 24 heavy (non-hydrogen) atoms. The monoisotopic (exact) mass is 369 g/mol. The number of benzene rings is 1. The van der Waals surface area contributed by atoms with Gasteiger partial charge in [0.05, 0.1) is 22.0 Å². The Bertz CT molecular complexity index is 853. The molecule has 0 radical (unpaired) electrons. The number of hydrogen-bond acceptors (Lipinski definition) is 7. The lowest BCUT2D eigenvalue weighted by Crippen LogP contribution is -2.17. The van der Waals surface area contributed by atoms with Crippen molar-refractivity contribution in [2.75, 3.05) is 30.0 Å². The van der Waals surface area contributed by atoms with Gasteiger partial charge < -0.3 is 16.0 Å². The van der Waals surface area contributed by atoms with Crippen LogP contribution in [0.5, 0.6) is 0 Å². The highest BCUT2D eigenvalue weighted by Crippen LogP contribution is 2.32. The van der Waals surface area contributed by atoms with Crippen LogP contribution in [0.15, 0.2) is 29.3 Å². The second kappa shape index (κ2) is 6.82. The van der Waals surface area contributed by atoms with E-state index in [1.54, 1.807) is 32.0 Å². The lowest BCUT2D eigenvalue weighted by atomic mass is 10.2. The van der Waals surface area contributed by atoms with Crippen molar-refractivity contribution in [3.05, 3.63) is 29.4 Å². The van der Waals surface area contributed by atoms with Crippen LogP contribution in [0.25, 0.3) is 0 Å². The normalized spacial score (nSPS) is 11.6. The number of halogens is 1. The first kappa shape index (κ1) is 18.3. The molecular formula is C15H20ClN5O2S. The highest BCUT2D eigenvalue weighted by molar-refractivity contribution is 7.92. The van der Waals surface area contributed by atoms with Crippen LogP contribution in [0.3, 0.4) is 0 Å². The molecule has 0 fully saturated rings. The van der Waals surface area contributed by atoms with Crippen molar-refractivity contribution in [1.82, 2.24) is 9.97 Å². The molecule has 0 bridgehead atoms. The van der Waals surface area contributed by atoms with Gasteiger partial charge in [0.15, 0.2) is 15.7 Å². The minimum Gasteiger partial charge on any atom is -0.378 e. The summed E-state index contributed by atoms with van der Waals surface area (Å²) in [6.07, 6.45) is 1.36. The van der Waals surface area contributed by atoms with Gasteiger partial charge >= 0.3 is 0 Å². The lowest BCUT2D eigenvalue weighted by molar-refractivity contribution is 0.588. The first-order chi connectivity index (χ1) is 11.1. The molecule has 0 saturated carbocycles. The molecule has 130 valence electrons. The van der Waals surface area contributed by atoms with Crippen molar-refractivity contribution < 1.29 is 8.42 Å². The quantitative estimate of drug-likeness (QED) is 0.835. The van der Waals surface area contributed by atoms with Crippen LogP contribution < -0.4 is 16.0 Å². The third-order valence-corrected chi connectivity index (χ3v) is 5.89. The van der Waals surface area contributed by atoms with E-state index in [2.05, 4.69) is 15.3 Å². The summed E-state index contributed by atoms with van der Waals surface area (Å²) in [6, 6.07) is 5.11. The first-order valence-electron chi connectivity index (χ1n) is 7.23. The fourth-order valence-electron chi connectivity index (χ4n) is 1.98. The second-order valence-electron chi connectivity index (χ2n) is 5.72. The topological polar surface area (TPSA) is 101 Å². The Kier molecular flexibility index (Phi) is 5.19. The van der Waals surface area contributed by atoms with Crippen molar-refractivity contribution in [3.63, 3.8) is 0 Å². The molecule has 1 aromatic carbocycles. The Hall–Kier alpha value is -2.06. The molecule has 0 aliphatic rings. The summed E-state index contributed by atoms with van der Waals surface area (Å²) in [5, 5.41) is 2.62. The molecule has 1 aromatic heterocycles. The van der Waals surface area contributed by atoms with Crippen LogP contribution in [0, 0.1) is 0 Å².